The lowest BCUT2D eigenvalue weighted by molar-refractivity contribution is -0.121. The Morgan fingerprint density at radius 1 is 0.947 bits per heavy atom. The number of benzene rings is 3. The van der Waals surface area contributed by atoms with Crippen LogP contribution in [0.25, 0.3) is 5.69 Å². The summed E-state index contributed by atoms with van der Waals surface area (Å²) >= 11 is 7.87. The number of carbonyl (C=O) groups excluding carboxylic acids is 1. The van der Waals surface area contributed by atoms with Crippen LogP contribution in [0.2, 0.25) is 5.02 Å². The number of hydrogen-bond acceptors (Lipinski definition) is 6. The summed E-state index contributed by atoms with van der Waals surface area (Å²) in [5.41, 5.74) is 3.15. The Morgan fingerprint density at radius 2 is 1.76 bits per heavy atom. The van der Waals surface area contributed by atoms with Crippen molar-refractivity contribution in [2.45, 2.75) is 30.8 Å². The zero-order valence-electron chi connectivity index (χ0n) is 21.5. The van der Waals surface area contributed by atoms with Crippen molar-refractivity contribution < 1.29 is 14.3 Å². The number of halogens is 1. The fourth-order valence-electron chi connectivity index (χ4n) is 4.03. The Kier molecular flexibility index (Phi) is 10.1. The normalized spacial score (nSPS) is 10.8. The molecule has 0 bridgehead atoms. The van der Waals surface area contributed by atoms with Crippen LogP contribution >= 0.6 is 23.4 Å². The van der Waals surface area contributed by atoms with Crippen LogP contribution in [0.4, 0.5) is 0 Å². The van der Waals surface area contributed by atoms with Gasteiger partial charge in [-0.2, -0.15) is 0 Å². The Balaban J connectivity index is 1.30. The maximum absolute atomic E-state index is 12.4. The molecule has 3 aromatic carbocycles. The van der Waals surface area contributed by atoms with Crippen molar-refractivity contribution >= 4 is 29.3 Å². The maximum Gasteiger partial charge on any atom is 0.220 e. The first-order valence-corrected chi connectivity index (χ1v) is 13.8. The number of methoxy groups -OCH3 is 2. The van der Waals surface area contributed by atoms with Gasteiger partial charge in [0.2, 0.25) is 5.91 Å². The van der Waals surface area contributed by atoms with Gasteiger partial charge in [-0.25, -0.2) is 0 Å². The zero-order valence-corrected chi connectivity index (χ0v) is 23.1. The number of carbonyl (C=O) groups is 1. The first-order valence-electron chi connectivity index (χ1n) is 12.4. The number of nitrogens with zero attached hydrogens (tertiary/aromatic N) is 3. The molecule has 0 aliphatic carbocycles. The summed E-state index contributed by atoms with van der Waals surface area (Å²) in [6, 6.07) is 23.7. The van der Waals surface area contributed by atoms with Crippen LogP contribution in [-0.4, -0.2) is 47.2 Å². The van der Waals surface area contributed by atoms with Gasteiger partial charge < -0.3 is 14.8 Å². The number of hydrogen-bond donors (Lipinski definition) is 1. The van der Waals surface area contributed by atoms with Gasteiger partial charge in [-0.05, 0) is 54.3 Å². The van der Waals surface area contributed by atoms with E-state index in [2.05, 4.69) is 27.6 Å². The van der Waals surface area contributed by atoms with Crippen molar-refractivity contribution in [3.63, 3.8) is 0 Å². The third-order valence-electron chi connectivity index (χ3n) is 5.93. The molecule has 198 valence electrons. The SMILES string of the molecule is COc1ccc(CCNC(=O)CCCSc2nnc(Cc3ccccc3)n2-c2cccc(Cl)c2)cc1OC. The Morgan fingerprint density at radius 3 is 2.53 bits per heavy atom. The second-order valence-electron chi connectivity index (χ2n) is 8.62. The Bertz CT molecular complexity index is 1350. The van der Waals surface area contributed by atoms with Gasteiger partial charge >= 0.3 is 0 Å². The minimum atomic E-state index is 0.0344. The highest BCUT2D eigenvalue weighted by molar-refractivity contribution is 7.99. The van der Waals surface area contributed by atoms with Crippen LogP contribution in [0.15, 0.2) is 78.0 Å². The lowest BCUT2D eigenvalue weighted by atomic mass is 10.1. The molecule has 4 aromatic rings. The van der Waals surface area contributed by atoms with E-state index in [4.69, 9.17) is 21.1 Å². The third-order valence-corrected chi connectivity index (χ3v) is 7.19. The number of nitrogens with one attached hydrogen (secondary N) is 1. The molecule has 0 aliphatic rings. The average molecular weight is 551 g/mol. The van der Waals surface area contributed by atoms with E-state index in [1.54, 1.807) is 26.0 Å². The summed E-state index contributed by atoms with van der Waals surface area (Å²) in [5.74, 6) is 3.00. The molecule has 7 nitrogen and oxygen atoms in total. The van der Waals surface area contributed by atoms with E-state index in [9.17, 15) is 4.79 Å². The summed E-state index contributed by atoms with van der Waals surface area (Å²) in [6.45, 7) is 0.563. The lowest BCUT2D eigenvalue weighted by Gasteiger charge is -2.11. The number of rotatable bonds is 13. The van der Waals surface area contributed by atoms with Crippen LogP contribution in [0, 0.1) is 0 Å². The summed E-state index contributed by atoms with van der Waals surface area (Å²) in [5, 5.41) is 13.4. The molecular weight excluding hydrogens is 520 g/mol. The lowest BCUT2D eigenvalue weighted by Crippen LogP contribution is -2.25. The van der Waals surface area contributed by atoms with Gasteiger partial charge in [0.25, 0.3) is 0 Å². The molecule has 38 heavy (non-hydrogen) atoms. The molecule has 1 heterocycles. The summed E-state index contributed by atoms with van der Waals surface area (Å²) in [4.78, 5) is 12.4. The molecule has 0 spiro atoms. The van der Waals surface area contributed by atoms with E-state index < -0.39 is 0 Å². The van der Waals surface area contributed by atoms with Crippen molar-refractivity contribution in [3.8, 4) is 17.2 Å². The minimum Gasteiger partial charge on any atom is -0.493 e. The maximum atomic E-state index is 12.4. The van der Waals surface area contributed by atoms with Crippen LogP contribution < -0.4 is 14.8 Å². The van der Waals surface area contributed by atoms with Gasteiger partial charge in [-0.3, -0.25) is 9.36 Å². The van der Waals surface area contributed by atoms with Crippen LogP contribution in [0.3, 0.4) is 0 Å². The third kappa shape index (κ3) is 7.52. The highest BCUT2D eigenvalue weighted by atomic mass is 35.5. The van der Waals surface area contributed by atoms with Gasteiger partial charge in [-0.15, -0.1) is 10.2 Å². The van der Waals surface area contributed by atoms with E-state index in [-0.39, 0.29) is 5.91 Å². The molecule has 0 aliphatic heterocycles. The average Bonchev–Trinajstić information content (AvgIpc) is 3.33. The van der Waals surface area contributed by atoms with Crippen molar-refractivity contribution in [1.29, 1.82) is 0 Å². The van der Waals surface area contributed by atoms with E-state index >= 15 is 0 Å². The fraction of sp³-hybridized carbons (Fsp3) is 0.276. The standard InChI is InChI=1S/C29H31ClN4O3S/c1-36-25-14-13-22(18-26(25)37-2)15-16-31-28(35)12-7-17-38-29-33-32-27(19-21-8-4-3-5-9-21)34(29)24-11-6-10-23(30)20-24/h3-6,8-11,13-14,18,20H,7,12,15-17,19H2,1-2H3,(H,31,35). The van der Waals surface area contributed by atoms with Crippen LogP contribution in [0.5, 0.6) is 11.5 Å². The molecular formula is C29H31ClN4O3S. The van der Waals surface area contributed by atoms with Crippen LogP contribution in [-0.2, 0) is 17.6 Å². The quantitative estimate of drug-likeness (QED) is 0.168. The molecule has 9 heteroatoms. The second kappa shape index (κ2) is 13.9. The molecule has 0 radical (unpaired) electrons. The molecule has 1 N–H and O–H groups in total. The van der Waals surface area contributed by atoms with Crippen molar-refractivity contribution in [3.05, 3.63) is 94.8 Å². The summed E-state index contributed by atoms with van der Waals surface area (Å²) in [6.07, 6.45) is 2.54. The monoisotopic (exact) mass is 550 g/mol. The van der Waals surface area contributed by atoms with Gasteiger partial charge in [0.05, 0.1) is 19.9 Å². The first-order chi connectivity index (χ1) is 18.6. The smallest absolute Gasteiger partial charge is 0.220 e. The Labute approximate surface area is 232 Å². The summed E-state index contributed by atoms with van der Waals surface area (Å²) < 4.78 is 12.7. The van der Waals surface area contributed by atoms with Gasteiger partial charge in [-0.1, -0.05) is 65.8 Å². The van der Waals surface area contributed by atoms with Crippen molar-refractivity contribution in [2.75, 3.05) is 26.5 Å². The number of thioether (sulfide) groups is 1. The molecule has 0 saturated heterocycles. The molecule has 1 aromatic heterocycles. The molecule has 4 rings (SSSR count). The topological polar surface area (TPSA) is 78.3 Å². The molecule has 0 atom stereocenters. The van der Waals surface area contributed by atoms with Crippen LogP contribution in [0.1, 0.15) is 29.8 Å². The number of amides is 1. The molecule has 0 saturated carbocycles. The number of aromatic nitrogens is 3. The molecule has 0 unspecified atom stereocenters. The predicted octanol–water partition coefficient (Wildman–Crippen LogP) is 5.76. The number of ether oxygens (including phenoxy) is 2. The van der Waals surface area contributed by atoms with Crippen molar-refractivity contribution in [2.24, 2.45) is 0 Å². The Hall–Kier alpha value is -3.49. The van der Waals surface area contributed by atoms with Gasteiger partial charge in [0.15, 0.2) is 16.7 Å². The zero-order chi connectivity index (χ0) is 26.7. The van der Waals surface area contributed by atoms with E-state index in [1.165, 1.54) is 0 Å². The minimum absolute atomic E-state index is 0.0344. The van der Waals surface area contributed by atoms with E-state index in [0.29, 0.717) is 42.3 Å². The van der Waals surface area contributed by atoms with Crippen molar-refractivity contribution in [1.82, 2.24) is 20.1 Å². The highest BCUT2D eigenvalue weighted by Crippen LogP contribution is 2.28. The second-order valence-corrected chi connectivity index (χ2v) is 10.1. The largest absolute Gasteiger partial charge is 0.493 e. The van der Waals surface area contributed by atoms with Gasteiger partial charge in [0, 0.05) is 30.2 Å². The van der Waals surface area contributed by atoms with E-state index in [1.807, 2.05) is 65.2 Å². The molecule has 0 fully saturated rings. The predicted molar refractivity (Wildman–Crippen MR) is 152 cm³/mol. The van der Waals surface area contributed by atoms with E-state index in [0.717, 1.165) is 40.0 Å². The fourth-order valence-corrected chi connectivity index (χ4v) is 5.12. The molecule has 1 amide bonds. The highest BCUT2D eigenvalue weighted by Gasteiger charge is 2.15. The first kappa shape index (κ1) is 27.5. The van der Waals surface area contributed by atoms with Gasteiger partial charge in [0.1, 0.15) is 5.82 Å². The summed E-state index contributed by atoms with van der Waals surface area (Å²) in [7, 11) is 3.23.